The number of carbonyl (C=O) groups is 2. The number of hydrogen-bond donors (Lipinski definition) is 0. The van der Waals surface area contributed by atoms with E-state index in [2.05, 4.69) is 11.3 Å². The van der Waals surface area contributed by atoms with Crippen molar-refractivity contribution in [1.82, 2.24) is 0 Å². The van der Waals surface area contributed by atoms with Crippen LogP contribution in [0.15, 0.2) is 12.2 Å². The van der Waals surface area contributed by atoms with E-state index in [0.29, 0.717) is 0 Å². The molecule has 0 aromatic heterocycles. The highest BCUT2D eigenvalue weighted by Gasteiger charge is 2.25. The number of hydrogen-bond acceptors (Lipinski definition) is 4. The summed E-state index contributed by atoms with van der Waals surface area (Å²) in [6, 6.07) is 0. The zero-order valence-electron chi connectivity index (χ0n) is 8.83. The average molecular weight is 200 g/mol. The lowest BCUT2D eigenvalue weighted by Gasteiger charge is -2.13. The van der Waals surface area contributed by atoms with Gasteiger partial charge in [0.1, 0.15) is 0 Å². The number of rotatable bonds is 6. The number of ether oxygens (including phenoxy) is 2. The highest BCUT2D eigenvalue weighted by molar-refractivity contribution is 6.00. The first-order chi connectivity index (χ1) is 6.49. The van der Waals surface area contributed by atoms with Crippen LogP contribution in [0.5, 0.6) is 0 Å². The van der Waals surface area contributed by atoms with Gasteiger partial charge < -0.3 is 9.47 Å². The Balaban J connectivity index is 4.22. The molecule has 0 N–H and O–H groups in total. The molecule has 4 nitrogen and oxygen atoms in total. The summed E-state index contributed by atoms with van der Waals surface area (Å²) >= 11 is 0. The Kier molecular flexibility index (Phi) is 5.79. The van der Waals surface area contributed by atoms with Gasteiger partial charge in [-0.3, -0.25) is 4.79 Å². The smallest absolute Gasteiger partial charge is 0.343 e. The van der Waals surface area contributed by atoms with Crippen LogP contribution in [0, 0.1) is 0 Å². The normalized spacial score (nSPS) is 11.9. The van der Waals surface area contributed by atoms with Gasteiger partial charge >= 0.3 is 5.97 Å². The van der Waals surface area contributed by atoms with E-state index in [-0.39, 0.29) is 19.0 Å². The molecule has 0 aliphatic heterocycles. The third-order valence-corrected chi connectivity index (χ3v) is 1.37. The molecule has 0 fully saturated rings. The Morgan fingerprint density at radius 3 is 2.29 bits per heavy atom. The average Bonchev–Trinajstić information content (AvgIpc) is 2.03. The molecule has 0 bridgehead atoms. The molecule has 1 atom stereocenters. The van der Waals surface area contributed by atoms with Crippen LogP contribution < -0.4 is 0 Å². The van der Waals surface area contributed by atoms with Crippen LogP contribution in [0.1, 0.15) is 20.8 Å². The summed E-state index contributed by atoms with van der Waals surface area (Å²) in [4.78, 5) is 22.2. The van der Waals surface area contributed by atoms with E-state index >= 15 is 0 Å². The summed E-state index contributed by atoms with van der Waals surface area (Å²) in [6.07, 6.45) is -1.12. The first kappa shape index (κ1) is 12.8. The molecular weight excluding hydrogens is 184 g/mol. The summed E-state index contributed by atoms with van der Waals surface area (Å²) in [5, 5.41) is 0. The largest absolute Gasteiger partial charge is 0.464 e. The van der Waals surface area contributed by atoms with E-state index in [9.17, 15) is 9.59 Å². The fraction of sp³-hybridized carbons (Fsp3) is 0.600. The molecule has 1 unspecified atom stereocenters. The van der Waals surface area contributed by atoms with Crippen molar-refractivity contribution in [3.05, 3.63) is 12.2 Å². The number of Topliss-reactive ketones (excluding diaryl/α,β-unsaturated/α-hetero) is 1. The molecule has 14 heavy (non-hydrogen) atoms. The second kappa shape index (κ2) is 6.32. The van der Waals surface area contributed by atoms with Gasteiger partial charge in [0.15, 0.2) is 5.78 Å². The van der Waals surface area contributed by atoms with Crippen molar-refractivity contribution in [2.24, 2.45) is 0 Å². The molecule has 0 rings (SSSR count). The van der Waals surface area contributed by atoms with E-state index in [1.165, 1.54) is 6.92 Å². The van der Waals surface area contributed by atoms with E-state index in [1.807, 2.05) is 0 Å². The quantitative estimate of drug-likeness (QED) is 0.366. The Morgan fingerprint density at radius 1 is 1.36 bits per heavy atom. The zero-order valence-corrected chi connectivity index (χ0v) is 8.83. The fourth-order valence-corrected chi connectivity index (χ4v) is 0.795. The number of carbonyl (C=O) groups excluding carboxylic acids is 2. The summed E-state index contributed by atoms with van der Waals surface area (Å²) in [6.45, 7) is 8.74. The van der Waals surface area contributed by atoms with Crippen LogP contribution in [0.2, 0.25) is 0 Å². The van der Waals surface area contributed by atoms with Gasteiger partial charge in [-0.1, -0.05) is 12.2 Å². The van der Waals surface area contributed by atoms with E-state index < -0.39 is 12.1 Å². The van der Waals surface area contributed by atoms with Crippen LogP contribution in [0.4, 0.5) is 0 Å². The van der Waals surface area contributed by atoms with Crippen LogP contribution in [-0.2, 0) is 19.1 Å². The molecule has 0 saturated heterocycles. The Bertz CT molecular complexity index is 232. The molecule has 0 aromatic carbocycles. The molecule has 0 spiro atoms. The second-order valence-electron chi connectivity index (χ2n) is 3.01. The molecule has 4 heteroatoms. The van der Waals surface area contributed by atoms with Crippen molar-refractivity contribution < 1.29 is 19.1 Å². The Labute approximate surface area is 83.9 Å². The highest BCUT2D eigenvalue weighted by atomic mass is 16.6. The minimum Gasteiger partial charge on any atom is -0.464 e. The van der Waals surface area contributed by atoms with E-state index in [4.69, 9.17) is 4.74 Å². The Morgan fingerprint density at radius 2 is 1.93 bits per heavy atom. The van der Waals surface area contributed by atoms with Gasteiger partial charge in [-0.05, 0) is 20.8 Å². The Hall–Kier alpha value is -1.16. The van der Waals surface area contributed by atoms with E-state index in [0.717, 1.165) is 5.57 Å². The summed E-state index contributed by atoms with van der Waals surface area (Å²) in [7, 11) is 0. The third-order valence-electron chi connectivity index (χ3n) is 1.37. The second-order valence-corrected chi connectivity index (χ2v) is 3.01. The third kappa shape index (κ3) is 4.77. The molecule has 0 heterocycles. The lowest BCUT2D eigenvalue weighted by molar-refractivity contribution is -0.160. The van der Waals surface area contributed by atoms with Gasteiger partial charge in [-0.2, -0.15) is 0 Å². The van der Waals surface area contributed by atoms with Crippen LogP contribution in [-0.4, -0.2) is 31.1 Å². The minimum atomic E-state index is -1.12. The van der Waals surface area contributed by atoms with Gasteiger partial charge in [-0.25, -0.2) is 4.79 Å². The first-order valence-corrected chi connectivity index (χ1v) is 4.42. The lowest BCUT2D eigenvalue weighted by Crippen LogP contribution is -2.33. The molecular formula is C10H16O4. The molecule has 0 aliphatic rings. The molecule has 0 amide bonds. The minimum absolute atomic E-state index is 0.184. The maximum Gasteiger partial charge on any atom is 0.343 e. The highest BCUT2D eigenvalue weighted by Crippen LogP contribution is 2.00. The van der Waals surface area contributed by atoms with Gasteiger partial charge in [0, 0.05) is 0 Å². The van der Waals surface area contributed by atoms with Gasteiger partial charge in [0.25, 0.3) is 0 Å². The van der Waals surface area contributed by atoms with Crippen LogP contribution in [0.25, 0.3) is 0 Å². The topological polar surface area (TPSA) is 52.6 Å². The van der Waals surface area contributed by atoms with Crippen LogP contribution >= 0.6 is 0 Å². The van der Waals surface area contributed by atoms with Crippen molar-refractivity contribution in [3.63, 3.8) is 0 Å². The SMILES string of the molecule is C=C(C)COC(C(C)=O)C(=O)OCC. The zero-order chi connectivity index (χ0) is 11.1. The molecule has 0 aromatic rings. The predicted octanol–water partition coefficient (Wildman–Crippen LogP) is 1.10. The van der Waals surface area contributed by atoms with Crippen molar-refractivity contribution in [2.75, 3.05) is 13.2 Å². The summed E-state index contributed by atoms with van der Waals surface area (Å²) < 4.78 is 9.74. The predicted molar refractivity (Wildman–Crippen MR) is 51.9 cm³/mol. The fourth-order valence-electron chi connectivity index (χ4n) is 0.795. The molecule has 0 saturated carbocycles. The monoisotopic (exact) mass is 200 g/mol. The van der Waals surface area contributed by atoms with Crippen molar-refractivity contribution in [1.29, 1.82) is 0 Å². The first-order valence-electron chi connectivity index (χ1n) is 4.42. The maximum absolute atomic E-state index is 11.2. The molecule has 0 aliphatic carbocycles. The van der Waals surface area contributed by atoms with Crippen molar-refractivity contribution >= 4 is 11.8 Å². The van der Waals surface area contributed by atoms with Crippen LogP contribution in [0.3, 0.4) is 0 Å². The summed E-state index contributed by atoms with van der Waals surface area (Å²) in [5.74, 6) is -0.994. The number of esters is 1. The molecule has 80 valence electrons. The van der Waals surface area contributed by atoms with Crippen molar-refractivity contribution in [3.8, 4) is 0 Å². The van der Waals surface area contributed by atoms with Gasteiger partial charge in [0.05, 0.1) is 13.2 Å². The number of ketones is 1. The van der Waals surface area contributed by atoms with Gasteiger partial charge in [-0.15, -0.1) is 0 Å². The standard InChI is InChI=1S/C10H16O4/c1-5-13-10(12)9(8(4)11)14-6-7(2)3/h9H,2,5-6H2,1,3-4H3. The molecule has 0 radical (unpaired) electrons. The lowest BCUT2D eigenvalue weighted by atomic mass is 10.2. The maximum atomic E-state index is 11.2. The van der Waals surface area contributed by atoms with Crippen molar-refractivity contribution in [2.45, 2.75) is 26.9 Å². The van der Waals surface area contributed by atoms with Gasteiger partial charge in [0.2, 0.25) is 6.10 Å². The summed E-state index contributed by atoms with van der Waals surface area (Å²) in [5.41, 5.74) is 0.751. The van der Waals surface area contributed by atoms with E-state index in [1.54, 1.807) is 13.8 Å².